The highest BCUT2D eigenvalue weighted by molar-refractivity contribution is 5.83. The number of nitrogens with one attached hydrogen (secondary N) is 1. The Balaban J connectivity index is 2.36. The largest absolute Gasteiger partial charge is 0.480 e. The Morgan fingerprint density at radius 3 is 2.48 bits per heavy atom. The smallest absolute Gasteiger partial charge is 0.326 e. The molecule has 1 rings (SSSR count). The molecule has 1 saturated heterocycles. The van der Waals surface area contributed by atoms with Gasteiger partial charge in [-0.3, -0.25) is 4.79 Å². The van der Waals surface area contributed by atoms with E-state index < -0.39 is 23.9 Å². The number of carboxylic acids is 1. The summed E-state index contributed by atoms with van der Waals surface area (Å²) < 4.78 is 0. The monoisotopic (exact) mass is 300 g/mol. The summed E-state index contributed by atoms with van der Waals surface area (Å²) in [5, 5.41) is 11.4. The van der Waals surface area contributed by atoms with Gasteiger partial charge in [-0.25, -0.2) is 9.59 Å². The molecular formula is C13H24N4O4. The van der Waals surface area contributed by atoms with Crippen molar-refractivity contribution < 1.29 is 19.5 Å². The Hall–Kier alpha value is -1.83. The van der Waals surface area contributed by atoms with Gasteiger partial charge in [-0.2, -0.15) is 0 Å². The predicted octanol–water partition coefficient (Wildman–Crippen LogP) is -0.558. The fourth-order valence-corrected chi connectivity index (χ4v) is 2.20. The van der Waals surface area contributed by atoms with Crippen LogP contribution in [0.2, 0.25) is 0 Å². The van der Waals surface area contributed by atoms with Crippen molar-refractivity contribution in [3.8, 4) is 0 Å². The molecule has 0 radical (unpaired) electrons. The number of rotatable bonds is 8. The summed E-state index contributed by atoms with van der Waals surface area (Å²) >= 11 is 0. The molecule has 0 unspecified atom stereocenters. The van der Waals surface area contributed by atoms with Gasteiger partial charge in [0.1, 0.15) is 6.04 Å². The summed E-state index contributed by atoms with van der Waals surface area (Å²) in [7, 11) is 1.62. The minimum absolute atomic E-state index is 0.00360. The Bertz CT molecular complexity index is 382. The van der Waals surface area contributed by atoms with Gasteiger partial charge in [0, 0.05) is 26.6 Å². The highest BCUT2D eigenvalue weighted by atomic mass is 16.4. The van der Waals surface area contributed by atoms with Gasteiger partial charge in [0.05, 0.1) is 0 Å². The van der Waals surface area contributed by atoms with Gasteiger partial charge in [0.15, 0.2) is 0 Å². The zero-order chi connectivity index (χ0) is 15.8. The minimum atomic E-state index is -1.17. The van der Waals surface area contributed by atoms with E-state index in [0.29, 0.717) is 6.54 Å². The summed E-state index contributed by atoms with van der Waals surface area (Å²) in [4.78, 5) is 37.4. The van der Waals surface area contributed by atoms with Crippen LogP contribution in [0.1, 0.15) is 25.7 Å². The van der Waals surface area contributed by atoms with Crippen molar-refractivity contribution in [1.29, 1.82) is 0 Å². The van der Waals surface area contributed by atoms with E-state index in [1.165, 1.54) is 17.7 Å². The maximum absolute atomic E-state index is 11.9. The Morgan fingerprint density at radius 1 is 1.33 bits per heavy atom. The topological polar surface area (TPSA) is 116 Å². The van der Waals surface area contributed by atoms with Gasteiger partial charge < -0.3 is 26.0 Å². The van der Waals surface area contributed by atoms with Crippen LogP contribution in [0.5, 0.6) is 0 Å². The molecule has 0 saturated carbocycles. The van der Waals surface area contributed by atoms with Gasteiger partial charge in [0.2, 0.25) is 5.91 Å². The number of carbonyl (C=O) groups excluding carboxylic acids is 2. The fraction of sp³-hybridized carbons (Fsp3) is 0.769. The summed E-state index contributed by atoms with van der Waals surface area (Å²) in [5.41, 5.74) is 4.99. The van der Waals surface area contributed by atoms with Crippen molar-refractivity contribution in [2.45, 2.75) is 31.7 Å². The van der Waals surface area contributed by atoms with Gasteiger partial charge in [-0.15, -0.1) is 0 Å². The van der Waals surface area contributed by atoms with Gasteiger partial charge in [-0.1, -0.05) is 0 Å². The Morgan fingerprint density at radius 2 is 1.95 bits per heavy atom. The van der Waals surface area contributed by atoms with Gasteiger partial charge in [-0.05, 0) is 32.4 Å². The molecule has 8 nitrogen and oxygen atoms in total. The second-order valence-electron chi connectivity index (χ2n) is 5.32. The number of nitrogens with zero attached hydrogens (tertiary/aromatic N) is 2. The predicted molar refractivity (Wildman–Crippen MR) is 76.7 cm³/mol. The molecule has 0 spiro atoms. The molecule has 0 aromatic carbocycles. The first-order valence-electron chi connectivity index (χ1n) is 7.15. The molecule has 1 heterocycles. The molecule has 1 atom stereocenters. The summed E-state index contributed by atoms with van der Waals surface area (Å²) in [6.07, 6.45) is 2.29. The molecule has 0 aromatic heterocycles. The molecule has 120 valence electrons. The fourth-order valence-electron chi connectivity index (χ4n) is 2.20. The van der Waals surface area contributed by atoms with Crippen molar-refractivity contribution in [2.24, 2.45) is 5.73 Å². The van der Waals surface area contributed by atoms with Crippen molar-refractivity contribution in [3.05, 3.63) is 0 Å². The van der Waals surface area contributed by atoms with Gasteiger partial charge >= 0.3 is 12.0 Å². The number of aliphatic carboxylic acids is 1. The Labute approximate surface area is 124 Å². The van der Waals surface area contributed by atoms with E-state index in [0.717, 1.165) is 19.6 Å². The number of likely N-dealkylation sites (tertiary alicyclic amines) is 1. The third kappa shape index (κ3) is 6.44. The number of carboxylic acid groups (broad SMARTS) is 1. The zero-order valence-electron chi connectivity index (χ0n) is 12.4. The van der Waals surface area contributed by atoms with E-state index in [1.54, 1.807) is 7.05 Å². The van der Waals surface area contributed by atoms with Crippen molar-refractivity contribution >= 4 is 17.9 Å². The normalized spacial score (nSPS) is 16.4. The lowest BCUT2D eigenvalue weighted by atomic mass is 10.1. The second kappa shape index (κ2) is 8.46. The number of hydrogen-bond acceptors (Lipinski definition) is 4. The van der Waals surface area contributed by atoms with Crippen molar-refractivity contribution in [1.82, 2.24) is 15.1 Å². The van der Waals surface area contributed by atoms with Crippen LogP contribution in [0.3, 0.4) is 0 Å². The molecule has 21 heavy (non-hydrogen) atoms. The Kier molecular flexibility index (Phi) is 6.93. The molecule has 1 aliphatic rings. The number of primary amides is 1. The summed E-state index contributed by atoms with van der Waals surface area (Å²) in [5.74, 6) is -1.75. The standard InChI is InChI=1S/C13H24N4O4/c1-16(8-9-17-6-2-3-7-17)13(21)15-10(12(19)20)4-5-11(14)18/h10H,2-9H2,1H3,(H2,14,18)(H,15,21)(H,19,20)/t10-/m0/s1. The molecule has 0 aromatic rings. The number of nitrogens with two attached hydrogens (primary N) is 1. The average molecular weight is 300 g/mol. The molecule has 0 bridgehead atoms. The third-order valence-electron chi connectivity index (χ3n) is 3.57. The van der Waals surface area contributed by atoms with Crippen LogP contribution < -0.4 is 11.1 Å². The van der Waals surface area contributed by atoms with Crippen LogP contribution in [0.25, 0.3) is 0 Å². The third-order valence-corrected chi connectivity index (χ3v) is 3.57. The number of hydrogen-bond donors (Lipinski definition) is 3. The number of urea groups is 1. The van der Waals surface area contributed by atoms with E-state index in [-0.39, 0.29) is 12.8 Å². The van der Waals surface area contributed by atoms with Crippen LogP contribution >= 0.6 is 0 Å². The average Bonchev–Trinajstić information content (AvgIpc) is 2.93. The van der Waals surface area contributed by atoms with E-state index in [2.05, 4.69) is 10.2 Å². The first kappa shape index (κ1) is 17.2. The highest BCUT2D eigenvalue weighted by Crippen LogP contribution is 2.06. The maximum Gasteiger partial charge on any atom is 0.326 e. The minimum Gasteiger partial charge on any atom is -0.480 e. The van der Waals surface area contributed by atoms with E-state index >= 15 is 0 Å². The highest BCUT2D eigenvalue weighted by Gasteiger charge is 2.22. The van der Waals surface area contributed by atoms with Crippen LogP contribution in [-0.2, 0) is 9.59 Å². The van der Waals surface area contributed by atoms with E-state index in [9.17, 15) is 14.4 Å². The van der Waals surface area contributed by atoms with E-state index in [1.807, 2.05) is 0 Å². The summed E-state index contributed by atoms with van der Waals surface area (Å²) in [6.45, 7) is 3.41. The van der Waals surface area contributed by atoms with Crippen LogP contribution in [0.15, 0.2) is 0 Å². The molecular weight excluding hydrogens is 276 g/mol. The van der Waals surface area contributed by atoms with E-state index in [4.69, 9.17) is 10.8 Å². The second-order valence-corrected chi connectivity index (χ2v) is 5.32. The van der Waals surface area contributed by atoms with Crippen molar-refractivity contribution in [2.75, 3.05) is 33.2 Å². The quantitative estimate of drug-likeness (QED) is 0.556. The molecule has 1 aliphatic heterocycles. The lowest BCUT2D eigenvalue weighted by Gasteiger charge is -2.23. The SMILES string of the molecule is CN(CCN1CCCC1)C(=O)N[C@@H](CCC(N)=O)C(=O)O. The van der Waals surface area contributed by atoms with Crippen LogP contribution in [0, 0.1) is 0 Å². The zero-order valence-corrected chi connectivity index (χ0v) is 12.4. The molecule has 4 N–H and O–H groups in total. The lowest BCUT2D eigenvalue weighted by Crippen LogP contribution is -2.48. The van der Waals surface area contributed by atoms with Crippen LogP contribution in [-0.4, -0.2) is 72.1 Å². The maximum atomic E-state index is 11.9. The van der Waals surface area contributed by atoms with Crippen LogP contribution in [0.4, 0.5) is 4.79 Å². The molecule has 0 aliphatic carbocycles. The number of likely N-dealkylation sites (N-methyl/N-ethyl adjacent to an activating group) is 1. The first-order chi connectivity index (χ1) is 9.90. The number of amides is 3. The number of carbonyl (C=O) groups is 3. The molecule has 3 amide bonds. The molecule has 1 fully saturated rings. The lowest BCUT2D eigenvalue weighted by molar-refractivity contribution is -0.139. The van der Waals surface area contributed by atoms with Gasteiger partial charge in [0.25, 0.3) is 0 Å². The van der Waals surface area contributed by atoms with Crippen molar-refractivity contribution in [3.63, 3.8) is 0 Å². The first-order valence-corrected chi connectivity index (χ1v) is 7.15. The molecule has 8 heteroatoms. The summed E-state index contributed by atoms with van der Waals surface area (Å²) in [6, 6.07) is -1.55.